The van der Waals surface area contributed by atoms with E-state index >= 15 is 0 Å². The van der Waals surface area contributed by atoms with Gasteiger partial charge in [-0.05, 0) is 47.4 Å². The Morgan fingerprint density at radius 3 is 2.44 bits per heavy atom. The Balaban J connectivity index is 0.000000606. The Morgan fingerprint density at radius 2 is 1.81 bits per heavy atom. The van der Waals surface area contributed by atoms with E-state index in [9.17, 15) is 5.11 Å². The van der Waals surface area contributed by atoms with Gasteiger partial charge in [0.05, 0.1) is 0 Å². The summed E-state index contributed by atoms with van der Waals surface area (Å²) in [7, 11) is 0. The third kappa shape index (κ3) is 2.35. The van der Waals surface area contributed by atoms with E-state index in [1.54, 1.807) is 0 Å². The molecule has 0 atom stereocenters. The van der Waals surface area contributed by atoms with Crippen molar-refractivity contribution in [1.82, 2.24) is 0 Å². The van der Waals surface area contributed by atoms with Gasteiger partial charge in [0, 0.05) is 0 Å². The molecule has 1 N–H and O–H groups in total. The van der Waals surface area contributed by atoms with Gasteiger partial charge >= 0.3 is 0 Å². The molecule has 16 heavy (non-hydrogen) atoms. The number of aryl methyl sites for hydroxylation is 2. The van der Waals surface area contributed by atoms with Gasteiger partial charge in [-0.1, -0.05) is 39.0 Å². The molecule has 1 nitrogen and oxygen atoms in total. The predicted molar refractivity (Wildman–Crippen MR) is 71.1 cm³/mol. The van der Waals surface area contributed by atoms with Crippen LogP contribution in [0.2, 0.25) is 0 Å². The summed E-state index contributed by atoms with van der Waals surface area (Å²) in [6.45, 7) is 8.22. The van der Waals surface area contributed by atoms with Crippen LogP contribution < -0.4 is 0 Å². The highest BCUT2D eigenvalue weighted by atomic mass is 16.3. The number of phenolic OH excluding ortho intramolecular Hbond substituents is 1. The predicted octanol–water partition coefficient (Wildman–Crippen LogP) is 4.44. The molecule has 0 aliphatic rings. The number of hydrogen-bond acceptors (Lipinski definition) is 1. The minimum absolute atomic E-state index is 0.361. The van der Waals surface area contributed by atoms with Crippen LogP contribution in [0.25, 0.3) is 10.8 Å². The van der Waals surface area contributed by atoms with Gasteiger partial charge in [-0.3, -0.25) is 0 Å². The molecule has 0 bridgehead atoms. The van der Waals surface area contributed by atoms with Gasteiger partial charge in [-0.25, -0.2) is 0 Å². The zero-order chi connectivity index (χ0) is 12.1. The van der Waals surface area contributed by atoms with Gasteiger partial charge in [0.15, 0.2) is 0 Å². The number of hydrogen-bond donors (Lipinski definition) is 1. The first-order chi connectivity index (χ1) is 7.72. The van der Waals surface area contributed by atoms with Gasteiger partial charge in [0.2, 0.25) is 0 Å². The van der Waals surface area contributed by atoms with Crippen molar-refractivity contribution >= 4 is 10.8 Å². The summed E-state index contributed by atoms with van der Waals surface area (Å²) in [5, 5.41) is 11.9. The lowest BCUT2D eigenvalue weighted by Crippen LogP contribution is -1.86. The molecule has 0 radical (unpaired) electrons. The summed E-state index contributed by atoms with van der Waals surface area (Å²) in [4.78, 5) is 0. The van der Waals surface area contributed by atoms with E-state index < -0.39 is 0 Å². The standard InChI is InChI=1S/C13H14O.C2H6/c1-3-10-7-12(14)8-11-6-4-5-9(2)13(10)11;1-2/h4-8,14H,3H2,1-2H3;1-2H3. The molecule has 86 valence electrons. The van der Waals surface area contributed by atoms with Gasteiger partial charge < -0.3 is 5.11 Å². The Hall–Kier alpha value is -1.50. The van der Waals surface area contributed by atoms with Crippen molar-refractivity contribution in [2.45, 2.75) is 34.1 Å². The van der Waals surface area contributed by atoms with Crippen LogP contribution in [-0.4, -0.2) is 5.11 Å². The van der Waals surface area contributed by atoms with Crippen molar-refractivity contribution in [3.63, 3.8) is 0 Å². The molecule has 0 spiro atoms. The minimum atomic E-state index is 0.361. The molecule has 0 amide bonds. The molecule has 1 heteroatoms. The lowest BCUT2D eigenvalue weighted by molar-refractivity contribution is 0.475. The third-order valence-electron chi connectivity index (χ3n) is 2.63. The fourth-order valence-corrected chi connectivity index (χ4v) is 1.98. The molecule has 0 fully saturated rings. The maximum absolute atomic E-state index is 9.53. The van der Waals surface area contributed by atoms with E-state index in [0.717, 1.165) is 11.8 Å². The molecule has 0 aliphatic carbocycles. The van der Waals surface area contributed by atoms with Crippen LogP contribution in [0.15, 0.2) is 30.3 Å². The van der Waals surface area contributed by atoms with Crippen LogP contribution in [0, 0.1) is 6.92 Å². The molecule has 0 heterocycles. The summed E-state index contributed by atoms with van der Waals surface area (Å²) >= 11 is 0. The molecule has 0 aromatic heterocycles. The Kier molecular flexibility index (Phi) is 4.36. The Bertz CT molecular complexity index is 472. The summed E-state index contributed by atoms with van der Waals surface area (Å²) < 4.78 is 0. The first kappa shape index (κ1) is 12.6. The van der Waals surface area contributed by atoms with Gasteiger partial charge in [0.1, 0.15) is 5.75 Å². The molecular weight excluding hydrogens is 196 g/mol. The van der Waals surface area contributed by atoms with Crippen LogP contribution in [0.1, 0.15) is 31.9 Å². The van der Waals surface area contributed by atoms with E-state index in [0.29, 0.717) is 5.75 Å². The molecule has 0 saturated heterocycles. The average Bonchev–Trinajstić information content (AvgIpc) is 2.30. The topological polar surface area (TPSA) is 20.2 Å². The van der Waals surface area contributed by atoms with Crippen molar-refractivity contribution in [3.05, 3.63) is 41.5 Å². The van der Waals surface area contributed by atoms with Crippen molar-refractivity contribution in [2.75, 3.05) is 0 Å². The first-order valence-corrected chi connectivity index (χ1v) is 5.93. The molecule has 0 saturated carbocycles. The summed E-state index contributed by atoms with van der Waals surface area (Å²) in [6.07, 6.45) is 0.954. The molecule has 0 aliphatic heterocycles. The summed E-state index contributed by atoms with van der Waals surface area (Å²) in [5.41, 5.74) is 2.50. The minimum Gasteiger partial charge on any atom is -0.508 e. The van der Waals surface area contributed by atoms with Gasteiger partial charge in [0.25, 0.3) is 0 Å². The van der Waals surface area contributed by atoms with Crippen LogP contribution in [0.5, 0.6) is 5.75 Å². The molecular formula is C15H20O. The van der Waals surface area contributed by atoms with Crippen LogP contribution in [0.4, 0.5) is 0 Å². The van der Waals surface area contributed by atoms with Crippen molar-refractivity contribution < 1.29 is 5.11 Å². The first-order valence-electron chi connectivity index (χ1n) is 5.93. The number of fused-ring (bicyclic) bond motifs is 1. The molecule has 2 aromatic rings. The van der Waals surface area contributed by atoms with Crippen molar-refractivity contribution in [2.24, 2.45) is 0 Å². The summed E-state index contributed by atoms with van der Waals surface area (Å²) in [6, 6.07) is 9.85. The average molecular weight is 216 g/mol. The van der Waals surface area contributed by atoms with Crippen LogP contribution in [-0.2, 0) is 6.42 Å². The number of benzene rings is 2. The molecule has 0 unspecified atom stereocenters. The number of aromatic hydroxyl groups is 1. The smallest absolute Gasteiger partial charge is 0.116 e. The third-order valence-corrected chi connectivity index (χ3v) is 2.63. The van der Waals surface area contributed by atoms with Gasteiger partial charge in [-0.15, -0.1) is 0 Å². The number of phenols is 1. The summed E-state index contributed by atoms with van der Waals surface area (Å²) in [5.74, 6) is 0.361. The number of rotatable bonds is 1. The van der Waals surface area contributed by atoms with Crippen molar-refractivity contribution in [3.8, 4) is 5.75 Å². The van der Waals surface area contributed by atoms with E-state index in [-0.39, 0.29) is 0 Å². The molecule has 2 aromatic carbocycles. The second-order valence-corrected chi connectivity index (χ2v) is 3.63. The monoisotopic (exact) mass is 216 g/mol. The SMILES string of the molecule is CC.CCc1cc(O)cc2cccc(C)c12. The van der Waals surface area contributed by atoms with Crippen LogP contribution in [0.3, 0.4) is 0 Å². The maximum Gasteiger partial charge on any atom is 0.116 e. The van der Waals surface area contributed by atoms with Crippen molar-refractivity contribution in [1.29, 1.82) is 0 Å². The van der Waals surface area contributed by atoms with E-state index in [1.165, 1.54) is 16.5 Å². The highest BCUT2D eigenvalue weighted by Crippen LogP contribution is 2.27. The largest absolute Gasteiger partial charge is 0.508 e. The zero-order valence-electron chi connectivity index (χ0n) is 10.5. The highest BCUT2D eigenvalue weighted by molar-refractivity contribution is 5.89. The Labute approximate surface area is 97.7 Å². The lowest BCUT2D eigenvalue weighted by Gasteiger charge is -2.08. The zero-order valence-corrected chi connectivity index (χ0v) is 10.5. The maximum atomic E-state index is 9.53. The van der Waals surface area contributed by atoms with E-state index in [2.05, 4.69) is 19.9 Å². The lowest BCUT2D eigenvalue weighted by atomic mass is 9.98. The quantitative estimate of drug-likeness (QED) is 0.747. The second-order valence-electron chi connectivity index (χ2n) is 3.63. The highest BCUT2D eigenvalue weighted by Gasteiger charge is 2.03. The second kappa shape index (κ2) is 5.55. The van der Waals surface area contributed by atoms with Crippen LogP contribution >= 0.6 is 0 Å². The van der Waals surface area contributed by atoms with Gasteiger partial charge in [-0.2, -0.15) is 0 Å². The van der Waals surface area contributed by atoms with E-state index in [1.807, 2.05) is 38.1 Å². The Morgan fingerprint density at radius 1 is 1.12 bits per heavy atom. The fourth-order valence-electron chi connectivity index (χ4n) is 1.98. The normalized spacial score (nSPS) is 9.75. The van der Waals surface area contributed by atoms with E-state index in [4.69, 9.17) is 0 Å². The molecule has 2 rings (SSSR count). The fraction of sp³-hybridized carbons (Fsp3) is 0.333.